The summed E-state index contributed by atoms with van der Waals surface area (Å²) in [6.45, 7) is 4.12. The number of hydrogen-bond acceptors (Lipinski definition) is 7. The molecule has 3 saturated heterocycles. The summed E-state index contributed by atoms with van der Waals surface area (Å²) in [5.41, 5.74) is -4.28. The summed E-state index contributed by atoms with van der Waals surface area (Å²) in [5.74, 6) is -1.68. The maximum Gasteiger partial charge on any atom is 0.399 e. The van der Waals surface area contributed by atoms with Gasteiger partial charge in [0, 0.05) is 48.4 Å². The van der Waals surface area contributed by atoms with Crippen LogP contribution >= 0.6 is 18.9 Å². The van der Waals surface area contributed by atoms with E-state index >= 15 is 0 Å². The predicted octanol–water partition coefficient (Wildman–Crippen LogP) is 4.08. The lowest BCUT2D eigenvalue weighted by atomic mass is 9.90. The smallest absolute Gasteiger partial charge is 0.339 e. The molecule has 0 radical (unpaired) electrons. The van der Waals surface area contributed by atoms with Gasteiger partial charge in [0.2, 0.25) is 11.8 Å². The standard InChI is InChI=1S/C33H36F2N5O6PS/c1-2-38-13-12-24-9-10-27(32(43)39-17-22(16-36)25(18-39)20-6-4-3-5-7-20)40(24)31(42)26(19-38)37-30(41)29-15-21-14-23(8-11-28(21)48-29)33(34,35)47(44,45)46/h3-8,11,14-15,22,24-27H,2,9-10,12-13,17-19H2,1H3,(H,37,41)(H2,44,45,46)/t22-,24+,25+,26-,27-/m0/s1. The Kier molecular flexibility index (Phi) is 9.45. The van der Waals surface area contributed by atoms with E-state index in [1.807, 2.05) is 37.3 Å². The lowest BCUT2D eigenvalue weighted by Crippen LogP contribution is -2.60. The number of benzene rings is 2. The molecular weight excluding hydrogens is 663 g/mol. The minimum absolute atomic E-state index is 0.133. The highest BCUT2D eigenvalue weighted by Gasteiger charge is 2.51. The minimum atomic E-state index is -5.78. The van der Waals surface area contributed by atoms with Gasteiger partial charge >= 0.3 is 13.3 Å². The monoisotopic (exact) mass is 699 g/mol. The molecule has 4 heterocycles. The van der Waals surface area contributed by atoms with Crippen molar-refractivity contribution in [1.29, 1.82) is 5.26 Å². The number of nitriles is 1. The van der Waals surface area contributed by atoms with Crippen LogP contribution in [0.3, 0.4) is 0 Å². The van der Waals surface area contributed by atoms with Crippen molar-refractivity contribution >= 4 is 46.7 Å². The molecule has 0 spiro atoms. The van der Waals surface area contributed by atoms with E-state index in [-0.39, 0.29) is 53.0 Å². The van der Waals surface area contributed by atoms with Crippen molar-refractivity contribution < 1.29 is 37.5 Å². The molecule has 3 N–H and O–H groups in total. The SMILES string of the molecule is CCN1CC[C@H]2CC[C@@H](C(=O)N3C[C@H](c4ccccc4)[C@@H](C#N)C3)N2C(=O)[C@@H](NC(=O)c2cc3cc(C(F)(F)P(=O)(O)O)ccc3s2)C1. The van der Waals surface area contributed by atoms with Gasteiger partial charge in [-0.05, 0) is 55.0 Å². The van der Waals surface area contributed by atoms with E-state index in [2.05, 4.69) is 16.3 Å². The number of nitrogens with one attached hydrogen (secondary N) is 1. The Morgan fingerprint density at radius 2 is 1.83 bits per heavy atom. The Morgan fingerprint density at radius 1 is 1.08 bits per heavy atom. The summed E-state index contributed by atoms with van der Waals surface area (Å²) in [7, 11) is -5.78. The first-order chi connectivity index (χ1) is 22.8. The average Bonchev–Trinajstić information content (AvgIpc) is 3.81. The Balaban J connectivity index is 1.22. The fraction of sp³-hybridized carbons (Fsp3) is 0.455. The van der Waals surface area contributed by atoms with Crippen LogP contribution in [0.1, 0.15) is 52.9 Å². The quantitative estimate of drug-likeness (QED) is 0.312. The molecule has 15 heteroatoms. The van der Waals surface area contributed by atoms with Crippen LogP contribution < -0.4 is 5.32 Å². The Labute approximate surface area is 280 Å². The van der Waals surface area contributed by atoms with Crippen molar-refractivity contribution in [3.63, 3.8) is 0 Å². The molecule has 6 rings (SSSR count). The average molecular weight is 700 g/mol. The van der Waals surface area contributed by atoms with Gasteiger partial charge in [-0.3, -0.25) is 18.9 Å². The van der Waals surface area contributed by atoms with Crippen molar-refractivity contribution in [3.05, 3.63) is 70.6 Å². The third-order valence-corrected chi connectivity index (χ3v) is 11.9. The summed E-state index contributed by atoms with van der Waals surface area (Å²) in [6.07, 6.45) is 1.79. The second kappa shape index (κ2) is 13.3. The van der Waals surface area contributed by atoms with Gasteiger partial charge in [0.15, 0.2) is 0 Å². The normalized spacial score (nSPS) is 25.4. The number of carbonyl (C=O) groups excluding carboxylic acids is 3. The number of halogens is 2. The van der Waals surface area contributed by atoms with Gasteiger partial charge in [-0.1, -0.05) is 43.3 Å². The van der Waals surface area contributed by atoms with Gasteiger partial charge in [0.05, 0.1) is 16.9 Å². The summed E-state index contributed by atoms with van der Waals surface area (Å²) >= 11 is 1.00. The van der Waals surface area contributed by atoms with Gasteiger partial charge in [0.25, 0.3) is 5.91 Å². The summed E-state index contributed by atoms with van der Waals surface area (Å²) in [4.78, 5) is 65.7. The molecule has 3 amide bonds. The van der Waals surface area contributed by atoms with Gasteiger partial charge in [-0.2, -0.15) is 14.0 Å². The fourth-order valence-corrected chi connectivity index (χ4v) is 8.60. The molecular formula is C33H36F2N5O6PS. The molecule has 48 heavy (non-hydrogen) atoms. The number of amides is 3. The molecule has 3 aromatic rings. The molecule has 2 aromatic carbocycles. The first-order valence-electron chi connectivity index (χ1n) is 15.9. The fourth-order valence-electron chi connectivity index (χ4n) is 7.18. The van der Waals surface area contributed by atoms with E-state index in [9.17, 15) is 33.0 Å². The van der Waals surface area contributed by atoms with Crippen molar-refractivity contribution in [2.24, 2.45) is 5.92 Å². The number of rotatable bonds is 7. The lowest BCUT2D eigenvalue weighted by molar-refractivity contribution is -0.147. The van der Waals surface area contributed by atoms with Crippen molar-refractivity contribution in [2.45, 2.75) is 55.9 Å². The highest BCUT2D eigenvalue weighted by atomic mass is 32.1. The largest absolute Gasteiger partial charge is 0.399 e. The Morgan fingerprint density at radius 3 is 2.52 bits per heavy atom. The second-order valence-electron chi connectivity index (χ2n) is 12.6. The van der Waals surface area contributed by atoms with Gasteiger partial charge in [-0.25, -0.2) is 0 Å². The molecule has 1 aromatic heterocycles. The molecule has 254 valence electrons. The van der Waals surface area contributed by atoms with Crippen LogP contribution in [-0.4, -0.2) is 93.1 Å². The van der Waals surface area contributed by atoms with Crippen LogP contribution in [0.2, 0.25) is 0 Å². The van der Waals surface area contributed by atoms with Crippen LogP contribution in [0.25, 0.3) is 10.1 Å². The predicted molar refractivity (Wildman–Crippen MR) is 174 cm³/mol. The molecule has 3 aliphatic rings. The van der Waals surface area contributed by atoms with Crippen LogP contribution in [0.5, 0.6) is 0 Å². The van der Waals surface area contributed by atoms with Gasteiger partial charge < -0.3 is 29.8 Å². The zero-order valence-corrected chi connectivity index (χ0v) is 27.9. The van der Waals surface area contributed by atoms with E-state index in [1.165, 1.54) is 12.1 Å². The van der Waals surface area contributed by atoms with Crippen LogP contribution in [0.15, 0.2) is 54.6 Å². The van der Waals surface area contributed by atoms with Crippen molar-refractivity contribution in [3.8, 4) is 6.07 Å². The van der Waals surface area contributed by atoms with E-state index in [0.29, 0.717) is 43.6 Å². The third-order valence-electron chi connectivity index (χ3n) is 9.79. The van der Waals surface area contributed by atoms with E-state index in [1.54, 1.807) is 9.80 Å². The molecule has 3 aliphatic heterocycles. The van der Waals surface area contributed by atoms with Crippen LogP contribution in [-0.2, 0) is 19.8 Å². The van der Waals surface area contributed by atoms with Gasteiger partial charge in [0.1, 0.15) is 12.1 Å². The maximum atomic E-state index is 14.4. The number of carbonyl (C=O) groups is 3. The lowest BCUT2D eigenvalue weighted by Gasteiger charge is -2.39. The summed E-state index contributed by atoms with van der Waals surface area (Å²) in [6, 6.07) is 14.6. The van der Waals surface area contributed by atoms with Crippen molar-refractivity contribution in [1.82, 2.24) is 20.0 Å². The van der Waals surface area contributed by atoms with Gasteiger partial charge in [-0.15, -0.1) is 11.3 Å². The number of likely N-dealkylation sites (tertiary alicyclic amines) is 1. The maximum absolute atomic E-state index is 14.4. The number of alkyl halides is 2. The molecule has 11 nitrogen and oxygen atoms in total. The zero-order valence-electron chi connectivity index (χ0n) is 26.2. The molecule has 0 aliphatic carbocycles. The highest BCUT2D eigenvalue weighted by Crippen LogP contribution is 2.59. The number of fused-ring (bicyclic) bond motifs is 2. The molecule has 0 bridgehead atoms. The highest BCUT2D eigenvalue weighted by molar-refractivity contribution is 7.52. The summed E-state index contributed by atoms with van der Waals surface area (Å²) in [5, 5.41) is 12.9. The summed E-state index contributed by atoms with van der Waals surface area (Å²) < 4.78 is 40.5. The number of nitrogens with zero attached hydrogens (tertiary/aromatic N) is 4. The van der Waals surface area contributed by atoms with Crippen LogP contribution in [0.4, 0.5) is 8.78 Å². The third kappa shape index (κ3) is 6.37. The zero-order chi connectivity index (χ0) is 34.4. The number of hydrogen-bond donors (Lipinski definition) is 3. The number of thiophene rings is 1. The Hall–Kier alpha value is -3.73. The van der Waals surface area contributed by atoms with Crippen molar-refractivity contribution in [2.75, 3.05) is 32.7 Å². The Bertz CT molecular complexity index is 1810. The molecule has 3 fully saturated rings. The number of likely N-dealkylation sites (N-methyl/N-ethyl adjacent to an activating group) is 1. The molecule has 0 saturated carbocycles. The molecule has 0 unspecified atom stereocenters. The van der Waals surface area contributed by atoms with E-state index < -0.39 is 36.8 Å². The molecule has 5 atom stereocenters. The minimum Gasteiger partial charge on any atom is -0.339 e. The van der Waals surface area contributed by atoms with E-state index in [4.69, 9.17) is 9.79 Å². The first-order valence-corrected chi connectivity index (χ1v) is 18.3. The van der Waals surface area contributed by atoms with Crippen LogP contribution in [0, 0.1) is 17.2 Å². The first kappa shape index (κ1) is 34.1. The van der Waals surface area contributed by atoms with E-state index in [0.717, 1.165) is 29.0 Å². The topological polar surface area (TPSA) is 154 Å². The second-order valence-corrected chi connectivity index (χ2v) is 15.4.